The van der Waals surface area contributed by atoms with Crippen LogP contribution in [0, 0.1) is 0 Å². The summed E-state index contributed by atoms with van der Waals surface area (Å²) in [6, 6.07) is -0.625. The van der Waals surface area contributed by atoms with E-state index in [1.54, 1.807) is 0 Å². The third kappa shape index (κ3) is 2.18. The molecule has 1 unspecified atom stereocenters. The second-order valence-corrected chi connectivity index (χ2v) is 3.12. The molecule has 0 aromatic carbocycles. The standard InChI is InChI=1S/C8H14N2O3/c9-8(13)6(3-5-11)10-4-1-2-7(10)12/h6,11H,1-5H2,(H2,9,13). The van der Waals surface area contributed by atoms with Gasteiger partial charge in [-0.05, 0) is 12.8 Å². The zero-order valence-corrected chi connectivity index (χ0v) is 7.40. The van der Waals surface area contributed by atoms with Gasteiger partial charge in [0.2, 0.25) is 11.8 Å². The maximum absolute atomic E-state index is 11.2. The van der Waals surface area contributed by atoms with Gasteiger partial charge in [0.1, 0.15) is 6.04 Å². The molecule has 3 N–H and O–H groups in total. The third-order valence-electron chi connectivity index (χ3n) is 2.22. The molecule has 13 heavy (non-hydrogen) atoms. The van der Waals surface area contributed by atoms with Gasteiger partial charge >= 0.3 is 0 Å². The van der Waals surface area contributed by atoms with Gasteiger partial charge in [-0.3, -0.25) is 9.59 Å². The lowest BCUT2D eigenvalue weighted by Gasteiger charge is -2.24. The minimum Gasteiger partial charge on any atom is -0.396 e. The van der Waals surface area contributed by atoms with Crippen LogP contribution in [0.15, 0.2) is 0 Å². The summed E-state index contributed by atoms with van der Waals surface area (Å²) in [6.07, 6.45) is 1.49. The molecule has 74 valence electrons. The Morgan fingerprint density at radius 2 is 2.38 bits per heavy atom. The van der Waals surface area contributed by atoms with E-state index in [-0.39, 0.29) is 18.9 Å². The average molecular weight is 186 g/mol. The lowest BCUT2D eigenvalue weighted by molar-refractivity contribution is -0.136. The van der Waals surface area contributed by atoms with E-state index in [1.807, 2.05) is 0 Å². The van der Waals surface area contributed by atoms with Gasteiger partial charge in [-0.2, -0.15) is 0 Å². The quantitative estimate of drug-likeness (QED) is 0.581. The van der Waals surface area contributed by atoms with Crippen molar-refractivity contribution >= 4 is 11.8 Å². The number of nitrogens with two attached hydrogens (primary N) is 1. The van der Waals surface area contributed by atoms with Gasteiger partial charge in [-0.25, -0.2) is 0 Å². The van der Waals surface area contributed by atoms with E-state index in [2.05, 4.69) is 0 Å². The molecule has 1 heterocycles. The van der Waals surface area contributed by atoms with Crippen LogP contribution in [0.2, 0.25) is 0 Å². The maximum Gasteiger partial charge on any atom is 0.240 e. The van der Waals surface area contributed by atoms with Gasteiger partial charge in [0.05, 0.1) is 0 Å². The highest BCUT2D eigenvalue weighted by Crippen LogP contribution is 2.15. The van der Waals surface area contributed by atoms with Crippen molar-refractivity contribution in [3.05, 3.63) is 0 Å². The van der Waals surface area contributed by atoms with Crippen LogP contribution in [0.5, 0.6) is 0 Å². The minimum atomic E-state index is -0.625. The summed E-state index contributed by atoms with van der Waals surface area (Å²) in [6.45, 7) is 0.448. The summed E-state index contributed by atoms with van der Waals surface area (Å²) in [5.74, 6) is -0.582. The van der Waals surface area contributed by atoms with Crippen molar-refractivity contribution in [3.63, 3.8) is 0 Å². The van der Waals surface area contributed by atoms with Crippen molar-refractivity contribution in [1.29, 1.82) is 0 Å². The van der Waals surface area contributed by atoms with Crippen molar-refractivity contribution in [2.75, 3.05) is 13.2 Å². The Hall–Kier alpha value is -1.10. The molecular weight excluding hydrogens is 172 g/mol. The highest BCUT2D eigenvalue weighted by Gasteiger charge is 2.30. The summed E-state index contributed by atoms with van der Waals surface area (Å²) in [4.78, 5) is 23.6. The smallest absolute Gasteiger partial charge is 0.240 e. The molecule has 0 radical (unpaired) electrons. The topological polar surface area (TPSA) is 83.6 Å². The zero-order chi connectivity index (χ0) is 9.84. The van der Waals surface area contributed by atoms with Gasteiger partial charge in [0.15, 0.2) is 0 Å². The van der Waals surface area contributed by atoms with Crippen LogP contribution < -0.4 is 5.73 Å². The molecule has 2 amide bonds. The van der Waals surface area contributed by atoms with E-state index in [4.69, 9.17) is 10.8 Å². The first-order chi connectivity index (χ1) is 6.16. The molecule has 0 aromatic heterocycles. The fraction of sp³-hybridized carbons (Fsp3) is 0.750. The van der Waals surface area contributed by atoms with E-state index in [1.165, 1.54) is 4.90 Å². The minimum absolute atomic E-state index is 0.0442. The van der Waals surface area contributed by atoms with E-state index in [0.717, 1.165) is 6.42 Å². The van der Waals surface area contributed by atoms with Crippen molar-refractivity contribution in [3.8, 4) is 0 Å². The number of amides is 2. The number of aliphatic hydroxyl groups is 1. The van der Waals surface area contributed by atoms with E-state index in [0.29, 0.717) is 13.0 Å². The number of rotatable bonds is 4. The van der Waals surface area contributed by atoms with Crippen molar-refractivity contribution in [2.24, 2.45) is 5.73 Å². The lowest BCUT2D eigenvalue weighted by Crippen LogP contribution is -2.45. The Bertz CT molecular complexity index is 217. The second kappa shape index (κ2) is 4.23. The summed E-state index contributed by atoms with van der Waals surface area (Å²) >= 11 is 0. The van der Waals surface area contributed by atoms with E-state index in [9.17, 15) is 9.59 Å². The molecule has 0 spiro atoms. The summed E-state index contributed by atoms with van der Waals surface area (Å²) < 4.78 is 0. The van der Waals surface area contributed by atoms with Gasteiger partial charge in [-0.15, -0.1) is 0 Å². The first-order valence-electron chi connectivity index (χ1n) is 4.36. The summed E-state index contributed by atoms with van der Waals surface area (Å²) in [7, 11) is 0. The monoisotopic (exact) mass is 186 g/mol. The fourth-order valence-corrected chi connectivity index (χ4v) is 1.57. The van der Waals surface area contributed by atoms with Crippen LogP contribution >= 0.6 is 0 Å². The second-order valence-electron chi connectivity index (χ2n) is 3.12. The van der Waals surface area contributed by atoms with Gasteiger partial charge in [0, 0.05) is 19.6 Å². The number of hydrogen-bond acceptors (Lipinski definition) is 3. The predicted molar refractivity (Wildman–Crippen MR) is 45.6 cm³/mol. The molecule has 0 aliphatic carbocycles. The molecular formula is C8H14N2O3. The largest absolute Gasteiger partial charge is 0.396 e. The number of nitrogens with zero attached hydrogens (tertiary/aromatic N) is 1. The van der Waals surface area contributed by atoms with Gasteiger partial charge < -0.3 is 15.7 Å². The lowest BCUT2D eigenvalue weighted by atomic mass is 10.2. The molecule has 1 aliphatic heterocycles. The number of likely N-dealkylation sites (tertiary alicyclic amines) is 1. The maximum atomic E-state index is 11.2. The number of aliphatic hydroxyl groups excluding tert-OH is 1. The number of hydrogen-bond donors (Lipinski definition) is 2. The highest BCUT2D eigenvalue weighted by atomic mass is 16.3. The molecule has 1 rings (SSSR count). The zero-order valence-electron chi connectivity index (χ0n) is 7.40. The first kappa shape index (κ1) is 9.98. The Labute approximate surface area is 76.5 Å². The predicted octanol–water partition coefficient (Wildman–Crippen LogP) is -1.15. The Balaban J connectivity index is 2.63. The highest BCUT2D eigenvalue weighted by molar-refractivity contribution is 5.87. The fourth-order valence-electron chi connectivity index (χ4n) is 1.57. The SMILES string of the molecule is NC(=O)C(CCO)N1CCCC1=O. The molecule has 0 saturated carbocycles. The van der Waals surface area contributed by atoms with Crippen LogP contribution in [0.4, 0.5) is 0 Å². The Morgan fingerprint density at radius 3 is 2.77 bits per heavy atom. The van der Waals surface area contributed by atoms with Gasteiger partial charge in [-0.1, -0.05) is 0 Å². The van der Waals surface area contributed by atoms with Crippen LogP contribution in [-0.2, 0) is 9.59 Å². The normalized spacial score (nSPS) is 19.2. The van der Waals surface area contributed by atoms with Crippen LogP contribution in [0.3, 0.4) is 0 Å². The summed E-state index contributed by atoms with van der Waals surface area (Å²) in [5.41, 5.74) is 5.12. The van der Waals surface area contributed by atoms with Crippen LogP contribution in [0.25, 0.3) is 0 Å². The van der Waals surface area contributed by atoms with Crippen molar-refractivity contribution < 1.29 is 14.7 Å². The molecule has 0 aromatic rings. The summed E-state index contributed by atoms with van der Waals surface area (Å²) in [5, 5.41) is 8.69. The molecule has 0 bridgehead atoms. The Kier molecular flexibility index (Phi) is 3.25. The molecule has 1 saturated heterocycles. The molecule has 5 nitrogen and oxygen atoms in total. The van der Waals surface area contributed by atoms with Gasteiger partial charge in [0.25, 0.3) is 0 Å². The first-order valence-corrected chi connectivity index (χ1v) is 4.36. The Morgan fingerprint density at radius 1 is 1.69 bits per heavy atom. The van der Waals surface area contributed by atoms with E-state index < -0.39 is 11.9 Å². The molecule has 1 atom stereocenters. The van der Waals surface area contributed by atoms with E-state index >= 15 is 0 Å². The van der Waals surface area contributed by atoms with Crippen LogP contribution in [-0.4, -0.2) is 41.0 Å². The molecule has 1 aliphatic rings. The van der Waals surface area contributed by atoms with Crippen molar-refractivity contribution in [1.82, 2.24) is 4.90 Å². The number of carbonyl (C=O) groups is 2. The van der Waals surface area contributed by atoms with Crippen LogP contribution in [0.1, 0.15) is 19.3 Å². The average Bonchev–Trinajstić information content (AvgIpc) is 2.47. The molecule has 1 fully saturated rings. The van der Waals surface area contributed by atoms with Crippen molar-refractivity contribution in [2.45, 2.75) is 25.3 Å². The third-order valence-corrected chi connectivity index (χ3v) is 2.22. The number of primary amides is 1. The number of carbonyl (C=O) groups excluding carboxylic acids is 2. The molecule has 5 heteroatoms.